The van der Waals surface area contributed by atoms with Gasteiger partial charge in [-0.25, -0.2) is 9.50 Å². The number of anilines is 1. The van der Waals surface area contributed by atoms with Gasteiger partial charge in [0.15, 0.2) is 0 Å². The Morgan fingerprint density at radius 2 is 2.06 bits per heavy atom. The van der Waals surface area contributed by atoms with Crippen LogP contribution in [0, 0.1) is 0 Å². The number of imidazole rings is 1. The van der Waals surface area contributed by atoms with E-state index in [-0.39, 0.29) is 11.9 Å². The van der Waals surface area contributed by atoms with Crippen molar-refractivity contribution >= 4 is 23.0 Å². The Morgan fingerprint density at radius 3 is 2.79 bits per heavy atom. The monoisotopic (exact) mass is 449 g/mol. The summed E-state index contributed by atoms with van der Waals surface area (Å²) in [5.74, 6) is 0.731. The van der Waals surface area contributed by atoms with E-state index in [1.165, 1.54) is 0 Å². The van der Waals surface area contributed by atoms with Crippen LogP contribution < -0.4 is 15.4 Å². The van der Waals surface area contributed by atoms with Gasteiger partial charge in [0.2, 0.25) is 11.8 Å². The van der Waals surface area contributed by atoms with Gasteiger partial charge in [0.1, 0.15) is 16.9 Å². The molecule has 0 atom stereocenters. The summed E-state index contributed by atoms with van der Waals surface area (Å²) in [4.78, 5) is 21.1. The molecule has 0 aliphatic heterocycles. The van der Waals surface area contributed by atoms with Crippen molar-refractivity contribution in [1.82, 2.24) is 29.3 Å². The largest absolute Gasteiger partial charge is 0.479 e. The van der Waals surface area contributed by atoms with Gasteiger partial charge in [-0.1, -0.05) is 0 Å². The number of fused-ring (bicyclic) bond motifs is 2. The minimum atomic E-state index is -0.593. The molecule has 1 fully saturated rings. The first-order chi connectivity index (χ1) is 15.9. The molecule has 5 rings (SSSR count). The van der Waals surface area contributed by atoms with Crippen LogP contribution in [-0.2, 0) is 0 Å². The van der Waals surface area contributed by atoms with Crippen molar-refractivity contribution in [2.75, 3.05) is 19.5 Å². The van der Waals surface area contributed by atoms with Crippen LogP contribution in [0.4, 0.5) is 5.95 Å². The first-order valence-electron chi connectivity index (χ1n) is 11.0. The number of methoxy groups -OCH3 is 1. The summed E-state index contributed by atoms with van der Waals surface area (Å²) in [6.45, 7) is 1.88. The summed E-state index contributed by atoms with van der Waals surface area (Å²) in [6, 6.07) is 5.97. The predicted molar refractivity (Wildman–Crippen MR) is 124 cm³/mol. The zero-order valence-electron chi connectivity index (χ0n) is 18.9. The molecule has 1 amide bonds. The lowest BCUT2D eigenvalue weighted by Crippen LogP contribution is -2.36. The van der Waals surface area contributed by atoms with Crippen LogP contribution in [0.5, 0.6) is 5.88 Å². The fourth-order valence-corrected chi connectivity index (χ4v) is 4.43. The van der Waals surface area contributed by atoms with Crippen LogP contribution in [0.2, 0.25) is 0 Å². The number of nitrogens with one attached hydrogen (secondary N) is 2. The number of hydrogen-bond donors (Lipinski definition) is 3. The van der Waals surface area contributed by atoms with Gasteiger partial charge < -0.3 is 20.5 Å². The molecule has 0 spiro atoms. The van der Waals surface area contributed by atoms with E-state index in [4.69, 9.17) is 4.74 Å². The molecular weight excluding hydrogens is 422 g/mol. The van der Waals surface area contributed by atoms with Crippen LogP contribution in [0.25, 0.3) is 22.3 Å². The Hall–Kier alpha value is -3.66. The summed E-state index contributed by atoms with van der Waals surface area (Å²) >= 11 is 0. The number of aliphatic hydroxyl groups is 1. The Kier molecular flexibility index (Phi) is 5.16. The predicted octanol–water partition coefficient (Wildman–Crippen LogP) is 2.52. The number of pyridine rings is 1. The third-order valence-electron chi connectivity index (χ3n) is 6.34. The van der Waals surface area contributed by atoms with Crippen molar-refractivity contribution in [2.45, 2.75) is 44.2 Å². The topological polar surface area (TPSA) is 118 Å². The second-order valence-electron chi connectivity index (χ2n) is 8.75. The van der Waals surface area contributed by atoms with Crippen LogP contribution in [0.1, 0.15) is 43.1 Å². The Balaban J connectivity index is 1.51. The third-order valence-corrected chi connectivity index (χ3v) is 6.34. The summed E-state index contributed by atoms with van der Waals surface area (Å²) in [5, 5.41) is 20.9. The third kappa shape index (κ3) is 3.86. The fraction of sp³-hybridized carbons (Fsp3) is 0.391. The van der Waals surface area contributed by atoms with Gasteiger partial charge in [0, 0.05) is 36.6 Å². The Labute approximate surface area is 190 Å². The average Bonchev–Trinajstić information content (AvgIpc) is 3.43. The number of rotatable bonds is 5. The molecule has 1 aliphatic rings. The van der Waals surface area contributed by atoms with Crippen molar-refractivity contribution in [2.24, 2.45) is 0 Å². The maximum absolute atomic E-state index is 12.2. The molecule has 0 unspecified atom stereocenters. The summed E-state index contributed by atoms with van der Waals surface area (Å²) in [6.07, 6.45) is 8.49. The highest BCUT2D eigenvalue weighted by Gasteiger charge is 2.29. The molecule has 0 bridgehead atoms. The Bertz CT molecular complexity index is 1330. The fourth-order valence-electron chi connectivity index (χ4n) is 4.43. The van der Waals surface area contributed by atoms with E-state index >= 15 is 0 Å². The normalized spacial score (nSPS) is 20.8. The van der Waals surface area contributed by atoms with E-state index in [2.05, 4.69) is 25.7 Å². The van der Waals surface area contributed by atoms with Crippen molar-refractivity contribution in [1.29, 1.82) is 0 Å². The number of aromatic nitrogens is 5. The highest BCUT2D eigenvalue weighted by molar-refractivity contribution is 5.93. The molecule has 1 aliphatic carbocycles. The lowest BCUT2D eigenvalue weighted by Gasteiger charge is -2.33. The maximum atomic E-state index is 12.2. The van der Waals surface area contributed by atoms with Gasteiger partial charge in [-0.15, -0.1) is 5.10 Å². The van der Waals surface area contributed by atoms with E-state index in [0.717, 1.165) is 42.3 Å². The summed E-state index contributed by atoms with van der Waals surface area (Å²) < 4.78 is 9.14. The van der Waals surface area contributed by atoms with Gasteiger partial charge in [0.05, 0.1) is 18.9 Å². The van der Waals surface area contributed by atoms with E-state index in [0.29, 0.717) is 23.2 Å². The van der Waals surface area contributed by atoms with Gasteiger partial charge in [0.25, 0.3) is 5.91 Å². The standard InChI is InChI=1S/C23H27N7O3/c1-23(32)9-6-15(7-10-23)26-22-27-21(33-3)19-16(8-11-30(19)28-22)14-4-5-18-25-12-17(20(31)24-2)29(18)13-14/h4-5,8,11-13,15,32H,6-7,9-10H2,1-3H3,(H,24,31)(H,26,28)/t15-,23-. The Morgan fingerprint density at radius 1 is 1.27 bits per heavy atom. The molecule has 0 aromatic carbocycles. The quantitative estimate of drug-likeness (QED) is 0.428. The van der Waals surface area contributed by atoms with Crippen molar-refractivity contribution in [3.63, 3.8) is 0 Å². The van der Waals surface area contributed by atoms with E-state index in [1.54, 1.807) is 29.3 Å². The van der Waals surface area contributed by atoms with Gasteiger partial charge >= 0.3 is 0 Å². The zero-order chi connectivity index (χ0) is 23.2. The highest BCUT2D eigenvalue weighted by Crippen LogP contribution is 2.33. The smallest absolute Gasteiger partial charge is 0.269 e. The van der Waals surface area contributed by atoms with Crippen LogP contribution in [0.3, 0.4) is 0 Å². The first-order valence-corrected chi connectivity index (χ1v) is 11.0. The highest BCUT2D eigenvalue weighted by atomic mass is 16.5. The minimum Gasteiger partial charge on any atom is -0.479 e. The molecule has 33 heavy (non-hydrogen) atoms. The van der Waals surface area contributed by atoms with Gasteiger partial charge in [-0.05, 0) is 50.8 Å². The zero-order valence-corrected chi connectivity index (χ0v) is 18.9. The van der Waals surface area contributed by atoms with Gasteiger partial charge in [-0.2, -0.15) is 4.98 Å². The average molecular weight is 450 g/mol. The van der Waals surface area contributed by atoms with Gasteiger partial charge in [-0.3, -0.25) is 9.20 Å². The molecule has 4 heterocycles. The molecule has 0 saturated heterocycles. The van der Waals surface area contributed by atoms with Crippen LogP contribution in [-0.4, -0.2) is 60.8 Å². The first kappa shape index (κ1) is 21.2. The van der Waals surface area contributed by atoms with Crippen molar-refractivity contribution in [3.8, 4) is 17.0 Å². The number of carbonyl (C=O) groups excluding carboxylic acids is 1. The van der Waals surface area contributed by atoms with E-state index < -0.39 is 5.60 Å². The van der Waals surface area contributed by atoms with Crippen molar-refractivity contribution < 1.29 is 14.6 Å². The molecule has 172 valence electrons. The van der Waals surface area contributed by atoms with E-state index in [9.17, 15) is 9.90 Å². The lowest BCUT2D eigenvalue weighted by atomic mass is 9.84. The molecule has 10 heteroatoms. The molecule has 0 radical (unpaired) electrons. The summed E-state index contributed by atoms with van der Waals surface area (Å²) in [7, 11) is 3.18. The molecule has 10 nitrogen and oxygen atoms in total. The van der Waals surface area contributed by atoms with Crippen LogP contribution >= 0.6 is 0 Å². The number of ether oxygens (including phenoxy) is 1. The molecular formula is C23H27N7O3. The number of amides is 1. The molecule has 4 aromatic rings. The maximum Gasteiger partial charge on any atom is 0.269 e. The summed E-state index contributed by atoms with van der Waals surface area (Å²) in [5.41, 5.74) is 3.04. The molecule has 1 saturated carbocycles. The second-order valence-corrected chi connectivity index (χ2v) is 8.75. The lowest BCUT2D eigenvalue weighted by molar-refractivity contribution is 0.0195. The SMILES string of the molecule is CNC(=O)c1cnc2ccc(-c3ccn4nc(N[C@H]5CC[C@](C)(O)CC5)nc(OC)c34)cn12. The van der Waals surface area contributed by atoms with Crippen LogP contribution in [0.15, 0.2) is 36.8 Å². The van der Waals surface area contributed by atoms with Crippen molar-refractivity contribution in [3.05, 3.63) is 42.5 Å². The number of carbonyl (C=O) groups is 1. The second kappa shape index (κ2) is 8.04. The molecule has 3 N–H and O–H groups in total. The molecule has 4 aromatic heterocycles. The minimum absolute atomic E-state index is 0.203. The van der Waals surface area contributed by atoms with E-state index in [1.807, 2.05) is 37.5 Å². The number of nitrogens with zero attached hydrogens (tertiary/aromatic N) is 5. The number of hydrogen-bond acceptors (Lipinski definition) is 7.